The minimum absolute atomic E-state index is 0.0613. The van der Waals surface area contributed by atoms with Gasteiger partial charge in [-0.25, -0.2) is 4.79 Å². The normalized spacial score (nSPS) is 27.3. The maximum atomic E-state index is 11.9. The van der Waals surface area contributed by atoms with Crippen molar-refractivity contribution in [2.45, 2.75) is 18.9 Å². The number of carbonyl (C=O) groups excluding carboxylic acids is 1. The molecule has 2 saturated heterocycles. The topological polar surface area (TPSA) is 32.3 Å². The first-order valence-electron chi connectivity index (χ1n) is 5.45. The first-order chi connectivity index (χ1) is 7.33. The predicted molar refractivity (Wildman–Crippen MR) is 58.7 cm³/mol. The van der Waals surface area contributed by atoms with E-state index in [0.29, 0.717) is 6.04 Å². The lowest BCUT2D eigenvalue weighted by Crippen LogP contribution is -2.37. The Morgan fingerprint density at radius 3 is 2.60 bits per heavy atom. The van der Waals surface area contributed by atoms with Gasteiger partial charge >= 0.3 is 6.03 Å². The zero-order valence-corrected chi connectivity index (χ0v) is 8.52. The molecule has 3 aliphatic rings. The molecule has 0 spiro atoms. The fourth-order valence-corrected chi connectivity index (χ4v) is 2.50. The van der Waals surface area contributed by atoms with Crippen molar-refractivity contribution in [2.24, 2.45) is 5.92 Å². The Bertz CT molecular complexity index is 370. The number of fused-ring (bicyclic) bond motifs is 1. The number of amides is 2. The molecule has 1 saturated carbocycles. The second-order valence-electron chi connectivity index (χ2n) is 4.44. The van der Waals surface area contributed by atoms with Gasteiger partial charge in [0, 0.05) is 18.3 Å². The van der Waals surface area contributed by atoms with E-state index >= 15 is 0 Å². The molecular weight excluding hydrogens is 188 g/mol. The van der Waals surface area contributed by atoms with E-state index in [0.717, 1.165) is 18.2 Å². The van der Waals surface area contributed by atoms with E-state index in [2.05, 4.69) is 5.32 Å². The molecule has 1 aromatic rings. The molecule has 15 heavy (non-hydrogen) atoms. The summed E-state index contributed by atoms with van der Waals surface area (Å²) < 4.78 is 0. The van der Waals surface area contributed by atoms with E-state index < -0.39 is 0 Å². The zero-order chi connectivity index (χ0) is 10.3. The minimum Gasteiger partial charge on any atom is -0.321 e. The van der Waals surface area contributed by atoms with Gasteiger partial charge in [0.25, 0.3) is 0 Å². The average molecular weight is 202 g/mol. The minimum atomic E-state index is 0.0613. The monoisotopic (exact) mass is 202 g/mol. The Labute approximate surface area is 89.1 Å². The van der Waals surface area contributed by atoms with Crippen LogP contribution in [-0.4, -0.2) is 23.5 Å². The second kappa shape index (κ2) is 3.26. The summed E-state index contributed by atoms with van der Waals surface area (Å²) in [7, 11) is 0. The summed E-state index contributed by atoms with van der Waals surface area (Å²) >= 11 is 0. The number of nitrogens with one attached hydrogen (secondary N) is 1. The average Bonchev–Trinajstić information content (AvgIpc) is 2.77. The van der Waals surface area contributed by atoms with Crippen molar-refractivity contribution in [1.82, 2.24) is 4.90 Å². The van der Waals surface area contributed by atoms with Crippen LogP contribution in [0.2, 0.25) is 0 Å². The third-order valence-corrected chi connectivity index (χ3v) is 3.39. The van der Waals surface area contributed by atoms with Gasteiger partial charge in [0.15, 0.2) is 0 Å². The molecule has 2 bridgehead atoms. The molecule has 2 heterocycles. The highest BCUT2D eigenvalue weighted by molar-refractivity contribution is 5.89. The Kier molecular flexibility index (Phi) is 1.91. The molecule has 0 radical (unpaired) electrons. The molecule has 0 aromatic heterocycles. The van der Waals surface area contributed by atoms with Crippen LogP contribution in [0.1, 0.15) is 12.8 Å². The Morgan fingerprint density at radius 1 is 1.27 bits per heavy atom. The van der Waals surface area contributed by atoms with Crippen LogP contribution < -0.4 is 5.32 Å². The largest absolute Gasteiger partial charge is 0.322 e. The van der Waals surface area contributed by atoms with Crippen molar-refractivity contribution in [3.8, 4) is 0 Å². The number of rotatable bonds is 1. The highest BCUT2D eigenvalue weighted by atomic mass is 16.2. The first kappa shape index (κ1) is 8.77. The number of carbonyl (C=O) groups is 1. The molecule has 4 rings (SSSR count). The summed E-state index contributed by atoms with van der Waals surface area (Å²) in [6, 6.07) is 10.2. The van der Waals surface area contributed by atoms with Gasteiger partial charge in [-0.3, -0.25) is 0 Å². The third-order valence-electron chi connectivity index (χ3n) is 3.39. The summed E-state index contributed by atoms with van der Waals surface area (Å²) in [5, 5.41) is 2.93. The molecular formula is C12H14N2O. The van der Waals surface area contributed by atoms with Gasteiger partial charge in [-0.2, -0.15) is 0 Å². The molecule has 3 fully saturated rings. The van der Waals surface area contributed by atoms with Crippen LogP contribution in [0.4, 0.5) is 10.5 Å². The van der Waals surface area contributed by atoms with Gasteiger partial charge in [-0.1, -0.05) is 18.2 Å². The van der Waals surface area contributed by atoms with Crippen LogP contribution in [0.25, 0.3) is 0 Å². The van der Waals surface area contributed by atoms with Gasteiger partial charge in [-0.05, 0) is 30.9 Å². The predicted octanol–water partition coefficient (Wildman–Crippen LogP) is 2.31. The van der Waals surface area contributed by atoms with Gasteiger partial charge in [0.2, 0.25) is 0 Å². The van der Waals surface area contributed by atoms with Crippen molar-refractivity contribution in [3.05, 3.63) is 30.3 Å². The third kappa shape index (κ3) is 1.48. The maximum Gasteiger partial charge on any atom is 0.322 e. The fraction of sp³-hybridized carbons (Fsp3) is 0.417. The fourth-order valence-electron chi connectivity index (χ4n) is 2.50. The molecule has 3 nitrogen and oxygen atoms in total. The number of hydrogen-bond acceptors (Lipinski definition) is 1. The molecule has 1 aliphatic carbocycles. The van der Waals surface area contributed by atoms with Crippen LogP contribution in [0, 0.1) is 5.92 Å². The molecule has 0 unspecified atom stereocenters. The summed E-state index contributed by atoms with van der Waals surface area (Å²) in [6.45, 7) is 0.948. The van der Waals surface area contributed by atoms with E-state index in [1.54, 1.807) is 0 Å². The highest BCUT2D eigenvalue weighted by Crippen LogP contribution is 2.40. The lowest BCUT2D eigenvalue weighted by molar-refractivity contribution is 0.207. The standard InChI is InChI=1S/C12H14N2O/c15-12(13-10-4-2-1-3-5-10)14-8-9-6-11(14)7-9/h1-5,9,11H,6-8H2,(H,13,15). The summed E-state index contributed by atoms with van der Waals surface area (Å²) in [4.78, 5) is 13.8. The smallest absolute Gasteiger partial charge is 0.321 e. The molecule has 2 amide bonds. The van der Waals surface area contributed by atoms with E-state index in [9.17, 15) is 4.79 Å². The summed E-state index contributed by atoms with van der Waals surface area (Å²) in [5.74, 6) is 0.775. The lowest BCUT2D eigenvalue weighted by atomic mass is 9.86. The van der Waals surface area contributed by atoms with Crippen LogP contribution in [0.15, 0.2) is 30.3 Å². The van der Waals surface area contributed by atoms with E-state index in [-0.39, 0.29) is 6.03 Å². The van der Waals surface area contributed by atoms with Crippen LogP contribution in [-0.2, 0) is 0 Å². The second-order valence-corrected chi connectivity index (χ2v) is 4.44. The van der Waals surface area contributed by atoms with Crippen molar-refractivity contribution < 1.29 is 4.79 Å². The highest BCUT2D eigenvalue weighted by Gasteiger charge is 2.44. The molecule has 3 heteroatoms. The number of hydrogen-bond donors (Lipinski definition) is 1. The lowest BCUT2D eigenvalue weighted by Gasteiger charge is -2.25. The summed E-state index contributed by atoms with van der Waals surface area (Å²) in [5.41, 5.74) is 0.881. The Balaban J connectivity index is 1.66. The Hall–Kier alpha value is -1.51. The Morgan fingerprint density at radius 2 is 2.00 bits per heavy atom. The zero-order valence-electron chi connectivity index (χ0n) is 8.52. The van der Waals surface area contributed by atoms with Crippen molar-refractivity contribution in [1.29, 1.82) is 0 Å². The number of benzene rings is 1. The van der Waals surface area contributed by atoms with Crippen LogP contribution in [0.5, 0.6) is 0 Å². The quantitative estimate of drug-likeness (QED) is 0.744. The molecule has 2 aliphatic heterocycles. The van der Waals surface area contributed by atoms with E-state index in [1.807, 2.05) is 35.2 Å². The van der Waals surface area contributed by atoms with Crippen LogP contribution in [0.3, 0.4) is 0 Å². The molecule has 78 valence electrons. The van der Waals surface area contributed by atoms with Crippen molar-refractivity contribution in [2.75, 3.05) is 11.9 Å². The van der Waals surface area contributed by atoms with Crippen molar-refractivity contribution >= 4 is 11.7 Å². The molecule has 0 atom stereocenters. The summed E-state index contributed by atoms with van der Waals surface area (Å²) in [6.07, 6.45) is 2.42. The van der Waals surface area contributed by atoms with E-state index in [1.165, 1.54) is 12.8 Å². The van der Waals surface area contributed by atoms with Crippen LogP contribution >= 0.6 is 0 Å². The molecule has 1 aromatic carbocycles. The molecule has 1 N–H and O–H groups in total. The first-order valence-corrected chi connectivity index (χ1v) is 5.45. The van der Waals surface area contributed by atoms with Crippen molar-refractivity contribution in [3.63, 3.8) is 0 Å². The number of para-hydroxylation sites is 1. The van der Waals surface area contributed by atoms with Gasteiger partial charge in [0.05, 0.1) is 0 Å². The van der Waals surface area contributed by atoms with Gasteiger partial charge in [-0.15, -0.1) is 0 Å². The van der Waals surface area contributed by atoms with Gasteiger partial charge < -0.3 is 10.2 Å². The maximum absolute atomic E-state index is 11.9. The number of urea groups is 1. The number of nitrogens with zero attached hydrogens (tertiary/aromatic N) is 1. The van der Waals surface area contributed by atoms with Gasteiger partial charge in [0.1, 0.15) is 0 Å². The number of anilines is 1. The SMILES string of the molecule is O=C(Nc1ccccc1)N1CC2CC1C2. The van der Waals surface area contributed by atoms with E-state index in [4.69, 9.17) is 0 Å².